The summed E-state index contributed by atoms with van der Waals surface area (Å²) in [5, 5.41) is 13.1. The Morgan fingerprint density at radius 3 is 2.79 bits per heavy atom. The standard InChI is InChI=1S/C25H33N3O4S/c1-3-32-15-18(29)13-28(17-9-5-4-6-10-17)14-22-26-24(30)23-20(16-33-25(23)27-22)19-11-7-8-12-21(19)31-2/h7-8,11-12,16-18,29H,3-6,9-10,13-15H2,1-2H3,(H,26,27,30)/t18-/m0/s1. The molecule has 2 aromatic heterocycles. The largest absolute Gasteiger partial charge is 0.496 e. The van der Waals surface area contributed by atoms with E-state index in [4.69, 9.17) is 14.5 Å². The number of nitrogens with zero attached hydrogens (tertiary/aromatic N) is 2. The first-order valence-corrected chi connectivity index (χ1v) is 12.6. The number of hydrogen-bond donors (Lipinski definition) is 2. The van der Waals surface area contributed by atoms with Crippen molar-refractivity contribution in [1.29, 1.82) is 0 Å². The van der Waals surface area contributed by atoms with Crippen molar-refractivity contribution in [3.8, 4) is 16.9 Å². The molecule has 0 spiro atoms. The second-order valence-electron chi connectivity index (χ2n) is 8.58. The van der Waals surface area contributed by atoms with E-state index < -0.39 is 6.10 Å². The third-order valence-corrected chi connectivity index (χ3v) is 7.17. The Balaban J connectivity index is 1.62. The summed E-state index contributed by atoms with van der Waals surface area (Å²) < 4.78 is 10.9. The molecule has 4 rings (SSSR count). The number of ether oxygens (including phenoxy) is 2. The van der Waals surface area contributed by atoms with E-state index in [9.17, 15) is 9.90 Å². The van der Waals surface area contributed by atoms with Gasteiger partial charge in [-0.2, -0.15) is 0 Å². The number of aliphatic hydroxyl groups is 1. The molecule has 1 aliphatic rings. The van der Waals surface area contributed by atoms with Gasteiger partial charge in [-0.3, -0.25) is 9.69 Å². The fourth-order valence-electron chi connectivity index (χ4n) is 4.69. The number of aliphatic hydroxyl groups excluding tert-OH is 1. The van der Waals surface area contributed by atoms with Gasteiger partial charge < -0.3 is 19.6 Å². The minimum absolute atomic E-state index is 0.143. The molecule has 3 aromatic rings. The van der Waals surface area contributed by atoms with Crippen LogP contribution in [0.25, 0.3) is 21.3 Å². The van der Waals surface area contributed by atoms with Crippen LogP contribution in [0.4, 0.5) is 0 Å². The Kier molecular flexibility index (Phi) is 8.14. The summed E-state index contributed by atoms with van der Waals surface area (Å²) in [5.41, 5.74) is 1.58. The second kappa shape index (κ2) is 11.2. The molecule has 1 saturated carbocycles. The van der Waals surface area contributed by atoms with E-state index in [1.807, 2.05) is 36.6 Å². The zero-order chi connectivity index (χ0) is 23.2. The van der Waals surface area contributed by atoms with Crippen molar-refractivity contribution in [3.63, 3.8) is 0 Å². The van der Waals surface area contributed by atoms with Crippen molar-refractivity contribution in [2.24, 2.45) is 0 Å². The van der Waals surface area contributed by atoms with Gasteiger partial charge in [0.2, 0.25) is 0 Å². The van der Waals surface area contributed by atoms with Crippen LogP contribution < -0.4 is 10.3 Å². The Morgan fingerprint density at radius 1 is 1.24 bits per heavy atom. The summed E-state index contributed by atoms with van der Waals surface area (Å²) in [6.07, 6.45) is 5.28. The number of hydrogen-bond acceptors (Lipinski definition) is 7. The topological polar surface area (TPSA) is 87.7 Å². The van der Waals surface area contributed by atoms with Crippen LogP contribution >= 0.6 is 11.3 Å². The average molecular weight is 472 g/mol. The van der Waals surface area contributed by atoms with E-state index in [1.54, 1.807) is 7.11 Å². The molecular weight excluding hydrogens is 438 g/mol. The monoisotopic (exact) mass is 471 g/mol. The van der Waals surface area contributed by atoms with Gasteiger partial charge in [0.25, 0.3) is 5.56 Å². The number of rotatable bonds is 10. The van der Waals surface area contributed by atoms with Crippen LogP contribution in [0.2, 0.25) is 0 Å². The molecule has 33 heavy (non-hydrogen) atoms. The molecule has 0 aliphatic heterocycles. The van der Waals surface area contributed by atoms with Gasteiger partial charge in [0, 0.05) is 35.7 Å². The van der Waals surface area contributed by atoms with Gasteiger partial charge in [0.15, 0.2) is 0 Å². The maximum absolute atomic E-state index is 13.2. The molecule has 2 N–H and O–H groups in total. The molecule has 0 amide bonds. The predicted molar refractivity (Wildman–Crippen MR) is 132 cm³/mol. The van der Waals surface area contributed by atoms with Gasteiger partial charge in [0.1, 0.15) is 16.4 Å². The number of aromatic nitrogens is 2. The average Bonchev–Trinajstić information content (AvgIpc) is 3.27. The highest BCUT2D eigenvalue weighted by molar-refractivity contribution is 7.17. The Hall–Kier alpha value is -2.26. The summed E-state index contributed by atoms with van der Waals surface area (Å²) in [4.78, 5) is 24.0. The Bertz CT molecular complexity index is 1110. The number of fused-ring (bicyclic) bond motifs is 1. The van der Waals surface area contributed by atoms with Crippen molar-refractivity contribution >= 4 is 21.6 Å². The lowest BCUT2D eigenvalue weighted by Gasteiger charge is -2.35. The lowest BCUT2D eigenvalue weighted by Crippen LogP contribution is -2.43. The summed E-state index contributed by atoms with van der Waals surface area (Å²) >= 11 is 1.47. The van der Waals surface area contributed by atoms with Crippen molar-refractivity contribution in [1.82, 2.24) is 14.9 Å². The van der Waals surface area contributed by atoms with Gasteiger partial charge >= 0.3 is 0 Å². The quantitative estimate of drug-likeness (QED) is 0.461. The zero-order valence-corrected chi connectivity index (χ0v) is 20.2. The number of H-pyrrole nitrogens is 1. The fourth-order valence-corrected chi connectivity index (χ4v) is 5.65. The number of nitrogens with one attached hydrogen (secondary N) is 1. The van der Waals surface area contributed by atoms with Gasteiger partial charge in [-0.25, -0.2) is 4.98 Å². The number of thiophene rings is 1. The summed E-state index contributed by atoms with van der Waals surface area (Å²) in [5.74, 6) is 1.36. The molecule has 0 unspecified atom stereocenters. The molecule has 1 atom stereocenters. The van der Waals surface area contributed by atoms with Crippen LogP contribution in [0.1, 0.15) is 44.9 Å². The highest BCUT2D eigenvalue weighted by Crippen LogP contribution is 2.36. The van der Waals surface area contributed by atoms with E-state index in [1.165, 1.54) is 30.6 Å². The van der Waals surface area contributed by atoms with Gasteiger partial charge in [-0.15, -0.1) is 11.3 Å². The van der Waals surface area contributed by atoms with E-state index in [-0.39, 0.29) is 5.56 Å². The lowest BCUT2D eigenvalue weighted by molar-refractivity contribution is 0.00493. The normalized spacial score (nSPS) is 15.9. The third kappa shape index (κ3) is 5.63. The van der Waals surface area contributed by atoms with Crippen molar-refractivity contribution in [3.05, 3.63) is 45.8 Å². The zero-order valence-electron chi connectivity index (χ0n) is 19.4. The highest BCUT2D eigenvalue weighted by atomic mass is 32.1. The number of benzene rings is 1. The molecular formula is C25H33N3O4S. The molecule has 2 heterocycles. The van der Waals surface area contributed by atoms with Crippen LogP contribution in [0.15, 0.2) is 34.4 Å². The maximum atomic E-state index is 13.2. The van der Waals surface area contributed by atoms with E-state index in [2.05, 4.69) is 9.88 Å². The van der Waals surface area contributed by atoms with E-state index in [0.29, 0.717) is 48.4 Å². The van der Waals surface area contributed by atoms with Crippen molar-refractivity contribution < 1.29 is 14.6 Å². The molecule has 0 saturated heterocycles. The first kappa shape index (κ1) is 23.9. The molecule has 178 valence electrons. The molecule has 8 heteroatoms. The third-order valence-electron chi connectivity index (χ3n) is 6.29. The van der Waals surface area contributed by atoms with Gasteiger partial charge in [-0.1, -0.05) is 37.5 Å². The summed E-state index contributed by atoms with van der Waals surface area (Å²) in [6, 6.07) is 8.08. The fraction of sp³-hybridized carbons (Fsp3) is 0.520. The van der Waals surface area contributed by atoms with Crippen LogP contribution in [-0.2, 0) is 11.3 Å². The first-order chi connectivity index (χ1) is 16.1. The smallest absolute Gasteiger partial charge is 0.260 e. The van der Waals surface area contributed by atoms with Gasteiger partial charge in [-0.05, 0) is 25.8 Å². The summed E-state index contributed by atoms with van der Waals surface area (Å²) in [6.45, 7) is 3.83. The number of para-hydroxylation sites is 1. The number of aromatic amines is 1. The first-order valence-electron chi connectivity index (χ1n) is 11.7. The number of methoxy groups -OCH3 is 1. The highest BCUT2D eigenvalue weighted by Gasteiger charge is 2.25. The lowest BCUT2D eigenvalue weighted by atomic mass is 9.94. The molecule has 1 fully saturated rings. The molecule has 0 bridgehead atoms. The minimum atomic E-state index is -0.568. The molecule has 1 aliphatic carbocycles. The predicted octanol–water partition coefficient (Wildman–Crippen LogP) is 4.19. The Labute approximate surface area is 198 Å². The van der Waals surface area contributed by atoms with Crippen LogP contribution in [0, 0.1) is 0 Å². The van der Waals surface area contributed by atoms with Crippen molar-refractivity contribution in [2.75, 3.05) is 26.9 Å². The van der Waals surface area contributed by atoms with E-state index in [0.717, 1.165) is 29.7 Å². The van der Waals surface area contributed by atoms with E-state index >= 15 is 0 Å². The second-order valence-corrected chi connectivity index (χ2v) is 9.44. The maximum Gasteiger partial charge on any atom is 0.260 e. The SMILES string of the molecule is CCOC[C@@H](O)CN(Cc1nc2scc(-c3ccccc3OC)c2c(=O)[nH]1)C1CCCCC1. The Morgan fingerprint density at radius 2 is 2.03 bits per heavy atom. The minimum Gasteiger partial charge on any atom is -0.496 e. The van der Waals surface area contributed by atoms with Crippen LogP contribution in [-0.4, -0.2) is 59.0 Å². The van der Waals surface area contributed by atoms with Gasteiger partial charge in [0.05, 0.1) is 31.8 Å². The van der Waals surface area contributed by atoms with Crippen LogP contribution in [0.3, 0.4) is 0 Å². The molecule has 7 nitrogen and oxygen atoms in total. The van der Waals surface area contributed by atoms with Crippen LogP contribution in [0.5, 0.6) is 5.75 Å². The summed E-state index contributed by atoms with van der Waals surface area (Å²) in [7, 11) is 1.63. The van der Waals surface area contributed by atoms with Crippen molar-refractivity contribution in [2.45, 2.75) is 57.7 Å². The molecule has 0 radical (unpaired) electrons. The molecule has 1 aromatic carbocycles.